The van der Waals surface area contributed by atoms with Crippen LogP contribution in [0.15, 0.2) is 48.7 Å². The number of fused-ring (bicyclic) bond motifs is 1. The van der Waals surface area contributed by atoms with E-state index in [4.69, 9.17) is 14.2 Å². The van der Waals surface area contributed by atoms with Crippen molar-refractivity contribution in [1.29, 1.82) is 0 Å². The van der Waals surface area contributed by atoms with Gasteiger partial charge in [-0.15, -0.1) is 0 Å². The van der Waals surface area contributed by atoms with Crippen LogP contribution in [-0.4, -0.2) is 38.3 Å². The first-order chi connectivity index (χ1) is 13.4. The third-order valence-corrected chi connectivity index (χ3v) is 4.77. The Morgan fingerprint density at radius 2 is 1.82 bits per heavy atom. The van der Waals surface area contributed by atoms with Gasteiger partial charge < -0.3 is 24.5 Å². The zero-order chi connectivity index (χ0) is 20.1. The normalized spacial score (nSPS) is 11.3. The summed E-state index contributed by atoms with van der Waals surface area (Å²) in [7, 11) is 3.22. The number of hydrogen-bond donors (Lipinski definition) is 2. The molecule has 1 aromatic heterocycles. The minimum Gasteiger partial charge on any atom is -0.497 e. The number of aromatic amines is 1. The van der Waals surface area contributed by atoms with Gasteiger partial charge in [-0.05, 0) is 35.9 Å². The van der Waals surface area contributed by atoms with Gasteiger partial charge >= 0.3 is 0 Å². The van der Waals surface area contributed by atoms with E-state index in [0.29, 0.717) is 18.0 Å². The first-order valence-electron chi connectivity index (χ1n) is 9.13. The Bertz CT molecular complexity index is 962. The Kier molecular flexibility index (Phi) is 5.78. The molecule has 3 aromatic rings. The van der Waals surface area contributed by atoms with E-state index in [0.717, 1.165) is 22.2 Å². The second kappa shape index (κ2) is 8.25. The van der Waals surface area contributed by atoms with Gasteiger partial charge in [-0.3, -0.25) is 4.79 Å². The molecule has 1 amide bonds. The predicted octanol–water partition coefficient (Wildman–Crippen LogP) is 3.66. The van der Waals surface area contributed by atoms with Crippen molar-refractivity contribution in [3.8, 4) is 17.2 Å². The fourth-order valence-corrected chi connectivity index (χ4v) is 3.13. The summed E-state index contributed by atoms with van der Waals surface area (Å²) in [4.78, 5) is 15.6. The second-order valence-corrected chi connectivity index (χ2v) is 7.21. The van der Waals surface area contributed by atoms with Gasteiger partial charge in [0.1, 0.15) is 5.75 Å². The Labute approximate surface area is 164 Å². The van der Waals surface area contributed by atoms with Crippen LogP contribution >= 0.6 is 0 Å². The van der Waals surface area contributed by atoms with E-state index in [1.54, 1.807) is 26.4 Å². The average molecular weight is 382 g/mol. The predicted molar refractivity (Wildman–Crippen MR) is 109 cm³/mol. The fourth-order valence-electron chi connectivity index (χ4n) is 3.13. The number of carbonyl (C=O) groups excluding carboxylic acids is 1. The van der Waals surface area contributed by atoms with Crippen molar-refractivity contribution in [2.45, 2.75) is 19.3 Å². The third kappa shape index (κ3) is 4.22. The highest BCUT2D eigenvalue weighted by Crippen LogP contribution is 2.32. The van der Waals surface area contributed by atoms with E-state index < -0.39 is 0 Å². The van der Waals surface area contributed by atoms with Crippen LogP contribution in [0.25, 0.3) is 10.9 Å². The smallest absolute Gasteiger partial charge is 0.257 e. The Morgan fingerprint density at radius 3 is 2.54 bits per heavy atom. The molecule has 1 heterocycles. The van der Waals surface area contributed by atoms with Crippen molar-refractivity contribution in [3.63, 3.8) is 0 Å². The molecule has 6 nitrogen and oxygen atoms in total. The molecule has 0 saturated heterocycles. The van der Waals surface area contributed by atoms with Crippen LogP contribution in [0.4, 0.5) is 0 Å². The van der Waals surface area contributed by atoms with Crippen molar-refractivity contribution in [2.24, 2.45) is 0 Å². The summed E-state index contributed by atoms with van der Waals surface area (Å²) in [6.45, 7) is 4.59. The number of nitrogens with one attached hydrogen (secondary N) is 2. The number of benzene rings is 2. The minimum absolute atomic E-state index is 0.0713. The highest BCUT2D eigenvalue weighted by Gasteiger charge is 2.25. The van der Waals surface area contributed by atoms with E-state index in [1.165, 1.54) is 0 Å². The second-order valence-electron chi connectivity index (χ2n) is 7.21. The summed E-state index contributed by atoms with van der Waals surface area (Å²) in [5.41, 5.74) is 1.88. The molecule has 0 bridgehead atoms. The SMILES string of the molecule is COc1ccc2[nH]cc(C(C)(C)CNC(=O)COc3ccccc3OC)c2c1. The lowest BCUT2D eigenvalue weighted by molar-refractivity contribution is -0.123. The molecule has 2 N–H and O–H groups in total. The van der Waals surface area contributed by atoms with Gasteiger partial charge in [0.15, 0.2) is 18.1 Å². The molecule has 0 aliphatic heterocycles. The van der Waals surface area contributed by atoms with Crippen molar-refractivity contribution >= 4 is 16.8 Å². The van der Waals surface area contributed by atoms with Gasteiger partial charge in [0.2, 0.25) is 0 Å². The maximum Gasteiger partial charge on any atom is 0.257 e. The monoisotopic (exact) mass is 382 g/mol. The largest absolute Gasteiger partial charge is 0.497 e. The van der Waals surface area contributed by atoms with Gasteiger partial charge in [-0.1, -0.05) is 26.0 Å². The number of para-hydroxylation sites is 2. The number of hydrogen-bond acceptors (Lipinski definition) is 4. The summed E-state index contributed by atoms with van der Waals surface area (Å²) in [6, 6.07) is 13.2. The van der Waals surface area contributed by atoms with Crippen molar-refractivity contribution in [1.82, 2.24) is 10.3 Å². The molecule has 0 fully saturated rings. The summed E-state index contributed by atoms with van der Waals surface area (Å²) >= 11 is 0. The summed E-state index contributed by atoms with van der Waals surface area (Å²) in [5.74, 6) is 1.77. The zero-order valence-corrected chi connectivity index (χ0v) is 16.7. The summed E-state index contributed by atoms with van der Waals surface area (Å²) in [5, 5.41) is 4.05. The molecule has 0 spiro atoms. The van der Waals surface area contributed by atoms with Crippen LogP contribution in [0.1, 0.15) is 19.4 Å². The number of carbonyl (C=O) groups is 1. The molecule has 6 heteroatoms. The third-order valence-electron chi connectivity index (χ3n) is 4.77. The number of methoxy groups -OCH3 is 2. The van der Waals surface area contributed by atoms with Crippen molar-refractivity contribution < 1.29 is 19.0 Å². The Morgan fingerprint density at radius 1 is 1.07 bits per heavy atom. The lowest BCUT2D eigenvalue weighted by Crippen LogP contribution is -2.38. The molecule has 148 valence electrons. The van der Waals surface area contributed by atoms with Crippen LogP contribution in [-0.2, 0) is 10.2 Å². The van der Waals surface area contributed by atoms with Gasteiger partial charge in [0.05, 0.1) is 14.2 Å². The number of amides is 1. The molecule has 3 rings (SSSR count). The molecule has 0 atom stereocenters. The lowest BCUT2D eigenvalue weighted by atomic mass is 9.84. The van der Waals surface area contributed by atoms with Gasteiger partial charge in [0.25, 0.3) is 5.91 Å². The van der Waals surface area contributed by atoms with Gasteiger partial charge in [-0.25, -0.2) is 0 Å². The van der Waals surface area contributed by atoms with E-state index in [2.05, 4.69) is 24.1 Å². The highest BCUT2D eigenvalue weighted by atomic mass is 16.5. The molecule has 28 heavy (non-hydrogen) atoms. The maximum absolute atomic E-state index is 12.3. The molecular formula is C22H26N2O4. The Hall–Kier alpha value is -3.15. The fraction of sp³-hybridized carbons (Fsp3) is 0.318. The van der Waals surface area contributed by atoms with Crippen LogP contribution in [0.2, 0.25) is 0 Å². The number of H-pyrrole nitrogens is 1. The molecule has 0 aliphatic rings. The van der Waals surface area contributed by atoms with E-state index >= 15 is 0 Å². The topological polar surface area (TPSA) is 72.6 Å². The van der Waals surface area contributed by atoms with E-state index in [-0.39, 0.29) is 17.9 Å². The molecule has 0 saturated carbocycles. The number of ether oxygens (including phenoxy) is 3. The van der Waals surface area contributed by atoms with Gasteiger partial charge in [0, 0.05) is 29.1 Å². The van der Waals surface area contributed by atoms with Crippen molar-refractivity contribution in [2.75, 3.05) is 27.4 Å². The number of rotatable bonds is 8. The van der Waals surface area contributed by atoms with E-state index in [9.17, 15) is 4.79 Å². The van der Waals surface area contributed by atoms with Gasteiger partial charge in [-0.2, -0.15) is 0 Å². The van der Waals surface area contributed by atoms with Crippen LogP contribution in [0.3, 0.4) is 0 Å². The average Bonchev–Trinajstić information content (AvgIpc) is 3.15. The van der Waals surface area contributed by atoms with Crippen LogP contribution in [0, 0.1) is 0 Å². The zero-order valence-electron chi connectivity index (χ0n) is 16.7. The standard InChI is InChI=1S/C22H26N2O4/c1-22(2,17-12-23-18-10-9-15(26-3)11-16(17)18)14-24-21(25)13-28-20-8-6-5-7-19(20)27-4/h5-12,23H,13-14H2,1-4H3,(H,24,25). The first kappa shape index (κ1) is 19.6. The quantitative estimate of drug-likeness (QED) is 0.624. The molecular weight excluding hydrogens is 356 g/mol. The van der Waals surface area contributed by atoms with Crippen molar-refractivity contribution in [3.05, 3.63) is 54.2 Å². The summed E-state index contributed by atoms with van der Waals surface area (Å²) in [6.07, 6.45) is 1.99. The van der Waals surface area contributed by atoms with E-state index in [1.807, 2.05) is 36.5 Å². The molecule has 0 aliphatic carbocycles. The van der Waals surface area contributed by atoms with Crippen LogP contribution < -0.4 is 19.5 Å². The first-order valence-corrected chi connectivity index (χ1v) is 9.13. The maximum atomic E-state index is 12.3. The lowest BCUT2D eigenvalue weighted by Gasteiger charge is -2.25. The number of aromatic nitrogens is 1. The summed E-state index contributed by atoms with van der Waals surface area (Å²) < 4.78 is 16.2. The molecule has 0 unspecified atom stereocenters. The highest BCUT2D eigenvalue weighted by molar-refractivity contribution is 5.86. The molecule has 0 radical (unpaired) electrons. The van der Waals surface area contributed by atoms with Crippen LogP contribution in [0.5, 0.6) is 17.2 Å². The molecule has 2 aromatic carbocycles. The minimum atomic E-state index is -0.273. The Balaban J connectivity index is 1.64.